The highest BCUT2D eigenvalue weighted by Gasteiger charge is 2.73. The topological polar surface area (TPSA) is 270 Å². The summed E-state index contributed by atoms with van der Waals surface area (Å²) in [6.07, 6.45) is -13.2. The molecule has 2 aromatic rings. The molecule has 2 aliphatic rings. The van der Waals surface area contributed by atoms with E-state index in [0.29, 0.717) is 23.8 Å². The Morgan fingerprint density at radius 3 is 1.62 bits per heavy atom. The Hall–Kier alpha value is -4.75. The zero-order valence-corrected chi connectivity index (χ0v) is 31.9. The number of piperidine rings is 1. The maximum absolute atomic E-state index is 14.7. The molecular formula is C34H43F7N4O13. The summed E-state index contributed by atoms with van der Waals surface area (Å²) < 4.78 is 98.6. The van der Waals surface area contributed by atoms with E-state index < -0.39 is 153 Å². The summed E-state index contributed by atoms with van der Waals surface area (Å²) in [5.41, 5.74) is -15.7. The fourth-order valence-corrected chi connectivity index (χ4v) is 8.13. The number of halogens is 7. The van der Waals surface area contributed by atoms with E-state index in [2.05, 4.69) is 0 Å². The Bertz CT molecular complexity index is 1940. The molecule has 0 radical (unpaired) electrons. The molecule has 11 N–H and O–H groups in total. The second kappa shape index (κ2) is 13.7. The van der Waals surface area contributed by atoms with E-state index in [1.165, 1.54) is 27.7 Å². The van der Waals surface area contributed by atoms with Gasteiger partial charge in [0.1, 0.15) is 28.4 Å². The highest BCUT2D eigenvalue weighted by molar-refractivity contribution is 5.78. The minimum Gasteiger partial charge on any atom is -0.507 e. The largest absolute Gasteiger partial charge is 0.507 e. The average Bonchev–Trinajstić information content (AvgIpc) is 3.03. The third kappa shape index (κ3) is 6.40. The maximum Gasteiger partial charge on any atom is 0.423 e. The maximum atomic E-state index is 14.7. The number of rotatable bonds is 4. The van der Waals surface area contributed by atoms with Crippen LogP contribution >= 0.6 is 0 Å². The van der Waals surface area contributed by atoms with Gasteiger partial charge in [0.2, 0.25) is 11.7 Å². The number of aliphatic hydroxyl groups is 5. The van der Waals surface area contributed by atoms with Crippen LogP contribution in [0.1, 0.15) is 88.2 Å². The molecule has 2 aliphatic heterocycles. The molecule has 58 heavy (non-hydrogen) atoms. The third-order valence-corrected chi connectivity index (χ3v) is 11.6. The van der Waals surface area contributed by atoms with Crippen molar-refractivity contribution in [2.45, 2.75) is 114 Å². The van der Waals surface area contributed by atoms with Crippen molar-refractivity contribution in [1.29, 1.82) is 0 Å². The number of phenolic OH excluding ortho intramolecular Hbond substituents is 6. The van der Waals surface area contributed by atoms with Crippen molar-refractivity contribution >= 4 is 11.9 Å². The Balaban J connectivity index is 1.97. The van der Waals surface area contributed by atoms with Gasteiger partial charge in [0.25, 0.3) is 0 Å². The molecule has 0 saturated carbocycles. The lowest BCUT2D eigenvalue weighted by Crippen LogP contribution is -2.89. The lowest BCUT2D eigenvalue weighted by atomic mass is 9.73. The van der Waals surface area contributed by atoms with Crippen LogP contribution in [0.4, 0.5) is 35.5 Å². The van der Waals surface area contributed by atoms with Crippen molar-refractivity contribution < 1.29 is 96.5 Å². The van der Waals surface area contributed by atoms with Gasteiger partial charge in [-0.2, -0.15) is 30.7 Å². The summed E-state index contributed by atoms with van der Waals surface area (Å²) in [6.45, 7) is 6.90. The van der Waals surface area contributed by atoms with Crippen LogP contribution in [-0.2, 0) is 22.9 Å². The molecular weight excluding hydrogens is 805 g/mol. The van der Waals surface area contributed by atoms with E-state index in [9.17, 15) is 96.5 Å². The quantitative estimate of drug-likeness (QED) is 0.0915. The van der Waals surface area contributed by atoms with Crippen molar-refractivity contribution in [3.8, 4) is 34.5 Å². The molecule has 326 valence electrons. The first-order chi connectivity index (χ1) is 25.9. The van der Waals surface area contributed by atoms with Crippen LogP contribution in [0, 0.1) is 12.7 Å². The summed E-state index contributed by atoms with van der Waals surface area (Å²) in [6, 6.07) is -4.92. The molecule has 3 unspecified atom stereocenters. The second-order valence-electron chi connectivity index (χ2n) is 15.4. The minimum atomic E-state index is -5.96. The summed E-state index contributed by atoms with van der Waals surface area (Å²) in [5.74, 6) is -21.9. The van der Waals surface area contributed by atoms with Crippen molar-refractivity contribution in [2.75, 3.05) is 13.6 Å². The molecule has 0 aromatic heterocycles. The van der Waals surface area contributed by atoms with Crippen LogP contribution in [-0.4, -0.2) is 130 Å². The van der Waals surface area contributed by atoms with Gasteiger partial charge in [-0.25, -0.2) is 9.69 Å². The van der Waals surface area contributed by atoms with Gasteiger partial charge in [-0.3, -0.25) is 14.6 Å². The smallest absolute Gasteiger partial charge is 0.423 e. The predicted octanol–water partition coefficient (Wildman–Crippen LogP) is 2.83. The molecule has 2 fully saturated rings. The highest BCUT2D eigenvalue weighted by Crippen LogP contribution is 2.58. The van der Waals surface area contributed by atoms with Crippen molar-refractivity contribution in [2.24, 2.45) is 0 Å². The number of hydrogen-bond acceptors (Lipinski definition) is 14. The van der Waals surface area contributed by atoms with Crippen LogP contribution in [0.25, 0.3) is 0 Å². The fraction of sp³-hybridized carbons (Fsp3) is 0.588. The van der Waals surface area contributed by atoms with Gasteiger partial charge >= 0.3 is 30.2 Å². The van der Waals surface area contributed by atoms with Gasteiger partial charge < -0.3 is 61.1 Å². The van der Waals surface area contributed by atoms with Crippen molar-refractivity contribution in [1.82, 2.24) is 19.6 Å². The molecule has 3 amide bonds. The molecule has 3 atom stereocenters. The second-order valence-corrected chi connectivity index (χ2v) is 15.4. The average molecular weight is 849 g/mol. The normalized spacial score (nSPS) is 23.0. The highest BCUT2D eigenvalue weighted by atomic mass is 19.4. The summed E-state index contributed by atoms with van der Waals surface area (Å²) in [5, 5.41) is 120. The zero-order valence-electron chi connectivity index (χ0n) is 31.9. The number of benzene rings is 2. The van der Waals surface area contributed by atoms with E-state index in [1.54, 1.807) is 0 Å². The van der Waals surface area contributed by atoms with E-state index in [4.69, 9.17) is 0 Å². The summed E-state index contributed by atoms with van der Waals surface area (Å²) in [4.78, 5) is 28.9. The number of piperazine rings is 1. The van der Waals surface area contributed by atoms with Gasteiger partial charge in [0.05, 0.1) is 17.1 Å². The number of carbonyl (C=O) groups excluding carboxylic acids is 2. The number of amides is 3. The molecule has 4 rings (SSSR count). The van der Waals surface area contributed by atoms with Gasteiger partial charge in [-0.15, -0.1) is 0 Å². The first kappa shape index (κ1) is 45.9. The first-order valence-electron chi connectivity index (χ1n) is 17.0. The molecule has 0 aliphatic carbocycles. The Morgan fingerprint density at radius 2 is 1.19 bits per heavy atom. The third-order valence-electron chi connectivity index (χ3n) is 11.6. The lowest BCUT2D eigenvalue weighted by molar-refractivity contribution is -0.502. The molecule has 0 bridgehead atoms. The number of aromatic hydroxyl groups is 6. The molecule has 0 spiro atoms. The first-order valence-corrected chi connectivity index (χ1v) is 17.0. The lowest BCUT2D eigenvalue weighted by Gasteiger charge is -2.68. The molecule has 2 aromatic carbocycles. The molecule has 2 saturated heterocycles. The van der Waals surface area contributed by atoms with Gasteiger partial charge in [-0.05, 0) is 54.4 Å². The van der Waals surface area contributed by atoms with Gasteiger partial charge in [0.15, 0.2) is 23.0 Å². The number of urea groups is 1. The van der Waals surface area contributed by atoms with Crippen LogP contribution in [0.15, 0.2) is 0 Å². The molecule has 24 heteroatoms. The monoisotopic (exact) mass is 848 g/mol. The zero-order chi connectivity index (χ0) is 45.2. The van der Waals surface area contributed by atoms with E-state index in [-0.39, 0.29) is 4.90 Å². The number of nitrogens with zero attached hydrogens (tertiary/aromatic N) is 4. The summed E-state index contributed by atoms with van der Waals surface area (Å²) >= 11 is 0. The van der Waals surface area contributed by atoms with E-state index >= 15 is 0 Å². The predicted molar refractivity (Wildman–Crippen MR) is 180 cm³/mol. The van der Waals surface area contributed by atoms with E-state index in [0.717, 1.165) is 18.7 Å². The van der Waals surface area contributed by atoms with Crippen LogP contribution in [0.2, 0.25) is 0 Å². The minimum absolute atomic E-state index is 0.0234. The SMILES string of the molecule is CC(=O)N1C(C)(C)C(C)(C)N(C2CCN(C(=O)N(C)C(C)(O)c3c(O)c(C(F)(F)F)c(O)c(C(F)(F)F)c3O)C(c3c(C)c(O)c(F)c(O)c3O)C2)C(O)(O)C1(O)O. The number of hydrogen-bond donors (Lipinski definition) is 11. The van der Waals surface area contributed by atoms with Crippen LogP contribution < -0.4 is 0 Å². The Labute approximate surface area is 324 Å². The standard InChI is InChI=1S/C34H43F7N4O13/c1-12-16(22(48)26(52)20(35)21(12)47)15-11-14(45-29(5,6)28(3,4)44(13(2)46)33(55,56)34(45,57)58)9-10-43(15)27(53)42(8)30(7,54)17-23(49)18(31(36,37)38)25(51)19(24(17)50)32(39,40)41/h14-15,47-52,54-58H,9-11H2,1-8H3. The number of phenols is 6. The number of alkyl halides is 6. The molecule has 2 heterocycles. The number of likely N-dealkylation sites (tertiary alicyclic amines) is 1. The van der Waals surface area contributed by atoms with E-state index in [1.807, 2.05) is 0 Å². The van der Waals surface area contributed by atoms with Crippen molar-refractivity contribution in [3.05, 3.63) is 33.6 Å². The molecule has 17 nitrogen and oxygen atoms in total. The van der Waals surface area contributed by atoms with Crippen LogP contribution in [0.5, 0.6) is 34.5 Å². The Morgan fingerprint density at radius 1 is 0.741 bits per heavy atom. The van der Waals surface area contributed by atoms with Gasteiger partial charge in [0, 0.05) is 43.2 Å². The van der Waals surface area contributed by atoms with Crippen molar-refractivity contribution in [3.63, 3.8) is 0 Å². The van der Waals surface area contributed by atoms with Gasteiger partial charge in [-0.1, -0.05) is 0 Å². The van der Waals surface area contributed by atoms with Crippen LogP contribution in [0.3, 0.4) is 0 Å². The number of carbonyl (C=O) groups is 2. The Kier molecular flexibility index (Phi) is 10.8. The summed E-state index contributed by atoms with van der Waals surface area (Å²) in [7, 11) is 0.578. The fourth-order valence-electron chi connectivity index (χ4n) is 8.13.